The highest BCUT2D eigenvalue weighted by Crippen LogP contribution is 2.09. The number of amides is 1. The number of carbonyl (C=O) groups excluding carboxylic acids is 1. The molecule has 0 unspecified atom stereocenters. The van der Waals surface area contributed by atoms with Crippen LogP contribution >= 0.6 is 11.6 Å². The summed E-state index contributed by atoms with van der Waals surface area (Å²) in [5, 5.41) is 6.05. The molecule has 6 heteroatoms. The molecule has 82 valence electrons. The van der Waals surface area contributed by atoms with Gasteiger partial charge in [0.15, 0.2) is 0 Å². The third-order valence-electron chi connectivity index (χ3n) is 1.72. The van der Waals surface area contributed by atoms with Gasteiger partial charge in [0.05, 0.1) is 5.02 Å². The number of hydrogen-bond acceptors (Lipinski definition) is 4. The number of halogens is 1. The molecule has 1 amide bonds. The van der Waals surface area contributed by atoms with Gasteiger partial charge < -0.3 is 10.6 Å². The van der Waals surface area contributed by atoms with E-state index in [2.05, 4.69) is 20.6 Å². The van der Waals surface area contributed by atoms with Crippen molar-refractivity contribution < 1.29 is 4.79 Å². The zero-order valence-corrected chi connectivity index (χ0v) is 9.21. The molecule has 15 heavy (non-hydrogen) atoms. The summed E-state index contributed by atoms with van der Waals surface area (Å²) in [5.74, 6) is -0.277. The van der Waals surface area contributed by atoms with Gasteiger partial charge in [-0.05, 0) is 6.54 Å². The number of hydrogen-bond donors (Lipinski definition) is 2. The Bertz CT molecular complexity index is 332. The number of likely N-dealkylation sites (N-methyl/N-ethyl adjacent to an activating group) is 1. The van der Waals surface area contributed by atoms with E-state index in [1.165, 1.54) is 12.5 Å². The van der Waals surface area contributed by atoms with Crippen molar-refractivity contribution in [3.8, 4) is 0 Å². The van der Waals surface area contributed by atoms with Crippen molar-refractivity contribution in [2.45, 2.75) is 6.92 Å². The molecule has 5 nitrogen and oxygen atoms in total. The highest BCUT2D eigenvalue weighted by Gasteiger charge is 2.10. The van der Waals surface area contributed by atoms with Crippen molar-refractivity contribution in [3.63, 3.8) is 0 Å². The maximum absolute atomic E-state index is 11.5. The number of nitrogens with zero attached hydrogens (tertiary/aromatic N) is 2. The second kappa shape index (κ2) is 6.31. The average Bonchev–Trinajstić information content (AvgIpc) is 2.25. The summed E-state index contributed by atoms with van der Waals surface area (Å²) in [6.07, 6.45) is 2.69. The lowest BCUT2D eigenvalue weighted by Gasteiger charge is -2.05. The summed E-state index contributed by atoms with van der Waals surface area (Å²) in [5.41, 5.74) is 0.211. The Hall–Kier alpha value is -1.20. The molecular formula is C9H13ClN4O. The zero-order valence-electron chi connectivity index (χ0n) is 8.46. The summed E-state index contributed by atoms with van der Waals surface area (Å²) < 4.78 is 0. The van der Waals surface area contributed by atoms with Crippen LogP contribution in [0.15, 0.2) is 12.5 Å². The maximum atomic E-state index is 11.5. The molecule has 1 rings (SSSR count). The van der Waals surface area contributed by atoms with Crippen molar-refractivity contribution in [1.82, 2.24) is 20.6 Å². The summed E-state index contributed by atoms with van der Waals surface area (Å²) in [6.45, 7) is 4.16. The molecule has 0 aliphatic carbocycles. The molecule has 1 aromatic rings. The normalized spacial score (nSPS) is 10.0. The first-order valence-corrected chi connectivity index (χ1v) is 5.08. The highest BCUT2D eigenvalue weighted by molar-refractivity contribution is 6.33. The smallest absolute Gasteiger partial charge is 0.271 e. The van der Waals surface area contributed by atoms with Crippen LogP contribution in [0.1, 0.15) is 17.4 Å². The molecule has 0 fully saturated rings. The monoisotopic (exact) mass is 228 g/mol. The first-order valence-electron chi connectivity index (χ1n) is 4.70. The quantitative estimate of drug-likeness (QED) is 0.719. The van der Waals surface area contributed by atoms with Crippen LogP contribution in [0.2, 0.25) is 5.02 Å². The van der Waals surface area contributed by atoms with Gasteiger partial charge in [-0.15, -0.1) is 0 Å². The number of nitrogens with one attached hydrogen (secondary N) is 2. The number of carbonyl (C=O) groups is 1. The Morgan fingerprint density at radius 3 is 3.00 bits per heavy atom. The molecule has 0 bridgehead atoms. The third-order valence-corrected chi connectivity index (χ3v) is 2.00. The molecule has 1 aromatic heterocycles. The van der Waals surface area contributed by atoms with E-state index in [-0.39, 0.29) is 16.6 Å². The maximum Gasteiger partial charge on any atom is 0.271 e. The van der Waals surface area contributed by atoms with Crippen LogP contribution in [-0.4, -0.2) is 35.5 Å². The van der Waals surface area contributed by atoms with Crippen LogP contribution < -0.4 is 10.6 Å². The van der Waals surface area contributed by atoms with Gasteiger partial charge in [0, 0.05) is 19.3 Å². The van der Waals surface area contributed by atoms with E-state index in [1.54, 1.807) is 0 Å². The van der Waals surface area contributed by atoms with Crippen LogP contribution in [0.3, 0.4) is 0 Å². The molecule has 0 aliphatic rings. The first-order chi connectivity index (χ1) is 7.25. The SMILES string of the molecule is CCNCCNC(=O)c1ncncc1Cl. The second-order valence-corrected chi connectivity index (χ2v) is 3.24. The van der Waals surface area contributed by atoms with Crippen molar-refractivity contribution in [1.29, 1.82) is 0 Å². The Balaban J connectivity index is 2.44. The van der Waals surface area contributed by atoms with E-state index in [0.29, 0.717) is 6.54 Å². The standard InChI is InChI=1S/C9H13ClN4O/c1-2-11-3-4-13-9(15)8-7(10)5-12-6-14-8/h5-6,11H,2-4H2,1H3,(H,13,15). The van der Waals surface area contributed by atoms with Crippen LogP contribution in [0, 0.1) is 0 Å². The molecule has 0 aromatic carbocycles. The lowest BCUT2D eigenvalue weighted by Crippen LogP contribution is -2.32. The van der Waals surface area contributed by atoms with E-state index in [1.807, 2.05) is 6.92 Å². The molecule has 0 spiro atoms. The van der Waals surface area contributed by atoms with Crippen LogP contribution in [0.4, 0.5) is 0 Å². The van der Waals surface area contributed by atoms with Crippen LogP contribution in [0.5, 0.6) is 0 Å². The van der Waals surface area contributed by atoms with Crippen molar-refractivity contribution in [2.24, 2.45) is 0 Å². The molecule has 0 radical (unpaired) electrons. The summed E-state index contributed by atoms with van der Waals surface area (Å²) in [4.78, 5) is 19.0. The lowest BCUT2D eigenvalue weighted by atomic mass is 10.4. The third kappa shape index (κ3) is 3.81. The van der Waals surface area contributed by atoms with E-state index in [4.69, 9.17) is 11.6 Å². The molecule has 1 heterocycles. The molecule has 0 saturated heterocycles. The van der Waals surface area contributed by atoms with Gasteiger partial charge in [-0.25, -0.2) is 9.97 Å². The van der Waals surface area contributed by atoms with Crippen LogP contribution in [0.25, 0.3) is 0 Å². The molecular weight excluding hydrogens is 216 g/mol. The average molecular weight is 229 g/mol. The van der Waals surface area contributed by atoms with Gasteiger partial charge >= 0.3 is 0 Å². The summed E-state index contributed by atoms with van der Waals surface area (Å²) >= 11 is 5.76. The highest BCUT2D eigenvalue weighted by atomic mass is 35.5. The Morgan fingerprint density at radius 2 is 2.33 bits per heavy atom. The predicted molar refractivity (Wildman–Crippen MR) is 57.9 cm³/mol. The minimum Gasteiger partial charge on any atom is -0.349 e. The first kappa shape index (κ1) is 11.9. The molecule has 0 atom stereocenters. The second-order valence-electron chi connectivity index (χ2n) is 2.83. The summed E-state index contributed by atoms with van der Waals surface area (Å²) in [6, 6.07) is 0. The number of aromatic nitrogens is 2. The Labute approximate surface area is 93.3 Å². The fraction of sp³-hybridized carbons (Fsp3) is 0.444. The minimum atomic E-state index is -0.277. The van der Waals surface area contributed by atoms with Gasteiger partial charge in [-0.3, -0.25) is 4.79 Å². The van der Waals surface area contributed by atoms with Gasteiger partial charge in [0.1, 0.15) is 12.0 Å². The predicted octanol–water partition coefficient (Wildman–Crippen LogP) is 0.469. The van der Waals surface area contributed by atoms with Gasteiger partial charge in [0.2, 0.25) is 0 Å². The molecule has 0 aliphatic heterocycles. The van der Waals surface area contributed by atoms with Crippen molar-refractivity contribution in [3.05, 3.63) is 23.2 Å². The largest absolute Gasteiger partial charge is 0.349 e. The van der Waals surface area contributed by atoms with E-state index < -0.39 is 0 Å². The van der Waals surface area contributed by atoms with Gasteiger partial charge in [-0.2, -0.15) is 0 Å². The van der Waals surface area contributed by atoms with Crippen molar-refractivity contribution in [2.75, 3.05) is 19.6 Å². The number of rotatable bonds is 5. The Morgan fingerprint density at radius 1 is 1.53 bits per heavy atom. The van der Waals surface area contributed by atoms with E-state index >= 15 is 0 Å². The van der Waals surface area contributed by atoms with Gasteiger partial charge in [-0.1, -0.05) is 18.5 Å². The lowest BCUT2D eigenvalue weighted by molar-refractivity contribution is 0.0949. The fourth-order valence-corrected chi connectivity index (χ4v) is 1.20. The van der Waals surface area contributed by atoms with E-state index in [0.717, 1.165) is 13.1 Å². The topological polar surface area (TPSA) is 66.9 Å². The molecule has 2 N–H and O–H groups in total. The Kier molecular flexibility index (Phi) is 5.00. The van der Waals surface area contributed by atoms with Gasteiger partial charge in [0.25, 0.3) is 5.91 Å². The van der Waals surface area contributed by atoms with Crippen molar-refractivity contribution >= 4 is 17.5 Å². The minimum absolute atomic E-state index is 0.211. The zero-order chi connectivity index (χ0) is 11.1. The van der Waals surface area contributed by atoms with E-state index in [9.17, 15) is 4.79 Å². The van der Waals surface area contributed by atoms with Crippen LogP contribution in [-0.2, 0) is 0 Å². The fourth-order valence-electron chi connectivity index (χ4n) is 1.00. The summed E-state index contributed by atoms with van der Waals surface area (Å²) in [7, 11) is 0. The molecule has 0 saturated carbocycles.